The van der Waals surface area contributed by atoms with Gasteiger partial charge in [-0.3, -0.25) is 0 Å². The number of hydrogen-bond donors (Lipinski definition) is 1. The molecule has 1 N–H and O–H groups in total. The Labute approximate surface area is 86.1 Å². The Morgan fingerprint density at radius 1 is 1.47 bits per heavy atom. The maximum absolute atomic E-state index is 10.7. The number of furan rings is 1. The van der Waals surface area contributed by atoms with Gasteiger partial charge in [0.25, 0.3) is 0 Å². The number of carboxylic acids is 1. The van der Waals surface area contributed by atoms with Gasteiger partial charge >= 0.3 is 5.97 Å². The van der Waals surface area contributed by atoms with E-state index in [2.05, 4.69) is 0 Å². The van der Waals surface area contributed by atoms with Gasteiger partial charge in [0.2, 0.25) is 5.76 Å². The summed E-state index contributed by atoms with van der Waals surface area (Å²) in [6, 6.07) is 5.13. The molecule has 0 aliphatic carbocycles. The fraction of sp³-hybridized carbons (Fsp3) is 0.182. The highest BCUT2D eigenvalue weighted by molar-refractivity contribution is 5.94. The highest BCUT2D eigenvalue weighted by Gasteiger charge is 2.14. The van der Waals surface area contributed by atoms with Crippen LogP contribution in [0.3, 0.4) is 0 Å². The van der Waals surface area contributed by atoms with Gasteiger partial charge in [-0.15, -0.1) is 0 Å². The molecule has 0 amide bonds. The van der Waals surface area contributed by atoms with Gasteiger partial charge in [0.1, 0.15) is 0 Å². The van der Waals surface area contributed by atoms with Crippen LogP contribution in [0.4, 0.5) is 0 Å². The zero-order valence-electron chi connectivity index (χ0n) is 8.40. The molecule has 4 heteroatoms. The molecule has 0 atom stereocenters. The predicted molar refractivity (Wildman–Crippen MR) is 54.5 cm³/mol. The van der Waals surface area contributed by atoms with Gasteiger partial charge < -0.3 is 14.3 Å². The Bertz CT molecular complexity index is 525. The summed E-state index contributed by atoms with van der Waals surface area (Å²) in [5, 5.41) is 9.58. The molecule has 0 radical (unpaired) electrons. The lowest BCUT2D eigenvalue weighted by Gasteiger charge is -2.01. The molecule has 0 unspecified atom stereocenters. The number of fused-ring (bicyclic) bond motifs is 1. The monoisotopic (exact) mass is 206 g/mol. The van der Waals surface area contributed by atoms with Crippen LogP contribution in [0.1, 0.15) is 16.1 Å². The molecule has 0 saturated heterocycles. The van der Waals surface area contributed by atoms with Crippen molar-refractivity contribution in [1.29, 1.82) is 0 Å². The predicted octanol–water partition coefficient (Wildman–Crippen LogP) is 2.45. The number of benzene rings is 1. The maximum atomic E-state index is 10.7. The van der Waals surface area contributed by atoms with Crippen molar-refractivity contribution in [1.82, 2.24) is 0 Å². The summed E-state index contributed by atoms with van der Waals surface area (Å²) in [4.78, 5) is 10.7. The first-order valence-electron chi connectivity index (χ1n) is 4.44. The zero-order chi connectivity index (χ0) is 11.0. The molecular formula is C11H10O4. The molecule has 2 aromatic rings. The second-order valence-electron chi connectivity index (χ2n) is 3.24. The molecule has 0 bridgehead atoms. The Balaban J connectivity index is 2.77. The van der Waals surface area contributed by atoms with Crippen molar-refractivity contribution >= 4 is 16.9 Å². The normalized spacial score (nSPS) is 10.5. The molecule has 78 valence electrons. The van der Waals surface area contributed by atoms with E-state index in [1.165, 1.54) is 13.2 Å². The Kier molecular flexibility index (Phi) is 2.11. The number of aryl methyl sites for hydroxylation is 1. The molecule has 0 fully saturated rings. The molecule has 2 rings (SSSR count). The van der Waals surface area contributed by atoms with Crippen LogP contribution >= 0.6 is 0 Å². The van der Waals surface area contributed by atoms with Gasteiger partial charge in [0.05, 0.1) is 7.11 Å². The third-order valence-corrected chi connectivity index (χ3v) is 2.30. The molecule has 0 spiro atoms. The maximum Gasteiger partial charge on any atom is 0.371 e. The summed E-state index contributed by atoms with van der Waals surface area (Å²) < 4.78 is 10.3. The molecule has 1 aromatic carbocycles. The molecular weight excluding hydrogens is 196 g/mol. The second-order valence-corrected chi connectivity index (χ2v) is 3.24. The van der Waals surface area contributed by atoms with Crippen molar-refractivity contribution in [3.8, 4) is 5.75 Å². The minimum Gasteiger partial charge on any atom is -0.493 e. The van der Waals surface area contributed by atoms with Gasteiger partial charge in [-0.1, -0.05) is 6.07 Å². The Hall–Kier alpha value is -1.97. The van der Waals surface area contributed by atoms with Gasteiger partial charge in [-0.2, -0.15) is 0 Å². The van der Waals surface area contributed by atoms with Crippen molar-refractivity contribution in [3.05, 3.63) is 29.5 Å². The first kappa shape index (κ1) is 9.58. The van der Waals surface area contributed by atoms with Crippen molar-refractivity contribution < 1.29 is 19.1 Å². The number of ether oxygens (including phenoxy) is 1. The van der Waals surface area contributed by atoms with Crippen LogP contribution in [0.25, 0.3) is 11.0 Å². The molecule has 1 aromatic heterocycles. The molecule has 1 heterocycles. The number of carboxylic acid groups (broad SMARTS) is 1. The molecule has 4 nitrogen and oxygen atoms in total. The first-order valence-corrected chi connectivity index (χ1v) is 4.44. The second kappa shape index (κ2) is 3.31. The van der Waals surface area contributed by atoms with Crippen LogP contribution in [0.2, 0.25) is 0 Å². The summed E-state index contributed by atoms with van der Waals surface area (Å²) >= 11 is 0. The summed E-state index contributed by atoms with van der Waals surface area (Å²) in [5.74, 6) is -0.603. The molecule has 0 aliphatic rings. The average molecular weight is 206 g/mol. The SMILES string of the molecule is COc1ccc(C)c2cc(C(=O)O)oc12. The van der Waals surface area contributed by atoms with E-state index >= 15 is 0 Å². The Morgan fingerprint density at radius 3 is 2.80 bits per heavy atom. The number of carbonyl (C=O) groups is 1. The van der Waals surface area contributed by atoms with E-state index in [9.17, 15) is 4.79 Å². The van der Waals surface area contributed by atoms with Crippen LogP contribution in [0, 0.1) is 6.92 Å². The van der Waals surface area contributed by atoms with Crippen LogP contribution in [-0.4, -0.2) is 18.2 Å². The third kappa shape index (κ3) is 1.44. The molecule has 15 heavy (non-hydrogen) atoms. The van der Waals surface area contributed by atoms with Gasteiger partial charge in [0, 0.05) is 5.39 Å². The number of methoxy groups -OCH3 is 1. The summed E-state index contributed by atoms with van der Waals surface area (Å²) in [6.45, 7) is 1.89. The lowest BCUT2D eigenvalue weighted by Crippen LogP contribution is -1.91. The molecule has 0 saturated carbocycles. The summed E-state index contributed by atoms with van der Waals surface area (Å²) in [5.41, 5.74) is 1.44. The van der Waals surface area contributed by atoms with Crippen LogP contribution in [-0.2, 0) is 0 Å². The number of hydrogen-bond acceptors (Lipinski definition) is 3. The quantitative estimate of drug-likeness (QED) is 0.819. The summed E-state index contributed by atoms with van der Waals surface area (Å²) in [7, 11) is 1.52. The highest BCUT2D eigenvalue weighted by Crippen LogP contribution is 2.30. The lowest BCUT2D eigenvalue weighted by molar-refractivity contribution is 0.0665. The van der Waals surface area contributed by atoms with E-state index in [0.29, 0.717) is 11.3 Å². The lowest BCUT2D eigenvalue weighted by atomic mass is 10.1. The van der Waals surface area contributed by atoms with E-state index in [1.54, 1.807) is 6.07 Å². The van der Waals surface area contributed by atoms with E-state index < -0.39 is 5.97 Å². The topological polar surface area (TPSA) is 59.7 Å². The zero-order valence-corrected chi connectivity index (χ0v) is 8.40. The standard InChI is InChI=1S/C11H10O4/c1-6-3-4-8(14-2)10-7(6)5-9(15-10)11(12)13/h3-5H,1-2H3,(H,12,13). The largest absolute Gasteiger partial charge is 0.493 e. The smallest absolute Gasteiger partial charge is 0.371 e. The van der Waals surface area contributed by atoms with E-state index in [0.717, 1.165) is 10.9 Å². The fourth-order valence-corrected chi connectivity index (χ4v) is 1.50. The summed E-state index contributed by atoms with van der Waals surface area (Å²) in [6.07, 6.45) is 0. The van der Waals surface area contributed by atoms with E-state index in [1.807, 2.05) is 13.0 Å². The minimum absolute atomic E-state index is 0.0717. The van der Waals surface area contributed by atoms with E-state index in [4.69, 9.17) is 14.3 Å². The van der Waals surface area contributed by atoms with Gasteiger partial charge in [0.15, 0.2) is 11.3 Å². The minimum atomic E-state index is -1.08. The fourth-order valence-electron chi connectivity index (χ4n) is 1.50. The van der Waals surface area contributed by atoms with Crippen molar-refractivity contribution in [2.24, 2.45) is 0 Å². The first-order chi connectivity index (χ1) is 7.13. The number of aromatic carboxylic acids is 1. The van der Waals surface area contributed by atoms with Gasteiger partial charge in [-0.05, 0) is 24.6 Å². The van der Waals surface area contributed by atoms with Crippen molar-refractivity contribution in [3.63, 3.8) is 0 Å². The average Bonchev–Trinajstić information content (AvgIpc) is 2.64. The number of rotatable bonds is 2. The van der Waals surface area contributed by atoms with Crippen LogP contribution in [0.5, 0.6) is 5.75 Å². The van der Waals surface area contributed by atoms with Gasteiger partial charge in [-0.25, -0.2) is 4.79 Å². The van der Waals surface area contributed by atoms with Crippen LogP contribution < -0.4 is 4.74 Å². The van der Waals surface area contributed by atoms with E-state index in [-0.39, 0.29) is 5.76 Å². The Morgan fingerprint density at radius 2 is 2.20 bits per heavy atom. The molecule has 0 aliphatic heterocycles. The third-order valence-electron chi connectivity index (χ3n) is 2.30. The van der Waals surface area contributed by atoms with Crippen molar-refractivity contribution in [2.45, 2.75) is 6.92 Å². The highest BCUT2D eigenvalue weighted by atomic mass is 16.5. The van der Waals surface area contributed by atoms with Crippen LogP contribution in [0.15, 0.2) is 22.6 Å². The van der Waals surface area contributed by atoms with Crippen molar-refractivity contribution in [2.75, 3.05) is 7.11 Å².